The number of hydrogen-bond acceptors (Lipinski definition) is 8. The Morgan fingerprint density at radius 2 is 1.88 bits per heavy atom. The maximum Gasteiger partial charge on any atom is 0.237 e. The predicted octanol–water partition coefficient (Wildman–Crippen LogP) is 0.999. The Bertz CT molecular complexity index is 793. The minimum Gasteiger partial charge on any atom is -0.353 e. The maximum absolute atomic E-state index is 13.1. The molecule has 2 amide bonds. The summed E-state index contributed by atoms with van der Waals surface area (Å²) in [5.74, 6) is -0.628. The molecular formula is C24H38N4O6. The Hall–Kier alpha value is -1.77. The monoisotopic (exact) mass is 478 g/mol. The summed E-state index contributed by atoms with van der Waals surface area (Å²) in [7, 11) is 3.40. The molecule has 3 heterocycles. The molecule has 0 bridgehead atoms. The van der Waals surface area contributed by atoms with Crippen molar-refractivity contribution in [2.75, 3.05) is 33.8 Å². The normalized spacial score (nSPS) is 36.8. The fraction of sp³-hybridized carbons (Fsp3) is 0.875. The van der Waals surface area contributed by atoms with Gasteiger partial charge in [0.15, 0.2) is 12.1 Å². The summed E-state index contributed by atoms with van der Waals surface area (Å²) in [4.78, 5) is 29.0. The third kappa shape index (κ3) is 5.39. The van der Waals surface area contributed by atoms with Crippen LogP contribution < -0.4 is 5.32 Å². The van der Waals surface area contributed by atoms with Gasteiger partial charge in [0.1, 0.15) is 24.4 Å². The highest BCUT2D eigenvalue weighted by Gasteiger charge is 2.55. The van der Waals surface area contributed by atoms with Crippen LogP contribution in [0.1, 0.15) is 52.4 Å². The average Bonchev–Trinajstić information content (AvgIpc) is 3.50. The Labute approximate surface area is 201 Å². The molecule has 0 radical (unpaired) electrons. The summed E-state index contributed by atoms with van der Waals surface area (Å²) in [6, 6.07) is 2.14. The van der Waals surface area contributed by atoms with Gasteiger partial charge in [-0.3, -0.25) is 9.59 Å². The lowest BCUT2D eigenvalue weighted by Crippen LogP contribution is -2.46. The summed E-state index contributed by atoms with van der Waals surface area (Å²) in [6.45, 7) is 5.08. The molecule has 5 unspecified atom stereocenters. The number of carbonyl (C=O) groups is 2. The predicted molar refractivity (Wildman–Crippen MR) is 121 cm³/mol. The van der Waals surface area contributed by atoms with Gasteiger partial charge < -0.3 is 34.1 Å². The van der Waals surface area contributed by atoms with Gasteiger partial charge in [-0.2, -0.15) is 5.26 Å². The first-order valence-corrected chi connectivity index (χ1v) is 12.4. The van der Waals surface area contributed by atoms with E-state index in [1.165, 1.54) is 0 Å². The van der Waals surface area contributed by atoms with Gasteiger partial charge >= 0.3 is 0 Å². The number of nitrogens with one attached hydrogen (secondary N) is 1. The highest BCUT2D eigenvalue weighted by Crippen LogP contribution is 2.39. The van der Waals surface area contributed by atoms with Crippen molar-refractivity contribution in [3.8, 4) is 6.07 Å². The number of hydrogen-bond donors (Lipinski definition) is 1. The van der Waals surface area contributed by atoms with E-state index in [1.807, 2.05) is 20.9 Å². The average molecular weight is 479 g/mol. The van der Waals surface area contributed by atoms with E-state index in [-0.39, 0.29) is 54.7 Å². The highest BCUT2D eigenvalue weighted by atomic mass is 16.8. The molecule has 3 aliphatic heterocycles. The second kappa shape index (κ2) is 10.5. The molecule has 4 rings (SSSR count). The summed E-state index contributed by atoms with van der Waals surface area (Å²) < 4.78 is 23.4. The van der Waals surface area contributed by atoms with Gasteiger partial charge in [0.05, 0.1) is 12.6 Å². The Morgan fingerprint density at radius 1 is 1.18 bits per heavy atom. The first-order chi connectivity index (χ1) is 16.2. The van der Waals surface area contributed by atoms with Crippen molar-refractivity contribution in [2.45, 2.75) is 94.8 Å². The zero-order valence-electron chi connectivity index (χ0n) is 20.7. The lowest BCUT2D eigenvalue weighted by Gasteiger charge is -2.32. The van der Waals surface area contributed by atoms with Crippen molar-refractivity contribution >= 4 is 11.8 Å². The van der Waals surface area contributed by atoms with Gasteiger partial charge in [-0.05, 0) is 52.4 Å². The largest absolute Gasteiger partial charge is 0.353 e. The van der Waals surface area contributed by atoms with Crippen LogP contribution in [-0.4, -0.2) is 97.9 Å². The van der Waals surface area contributed by atoms with Crippen LogP contribution in [0.2, 0.25) is 0 Å². The minimum absolute atomic E-state index is 0.00694. The summed E-state index contributed by atoms with van der Waals surface area (Å²) in [5.41, 5.74) is 0. The third-order valence-corrected chi connectivity index (χ3v) is 7.51. The summed E-state index contributed by atoms with van der Waals surface area (Å²) >= 11 is 0. The molecule has 10 nitrogen and oxygen atoms in total. The van der Waals surface area contributed by atoms with E-state index in [9.17, 15) is 14.9 Å². The Morgan fingerprint density at radius 3 is 2.56 bits per heavy atom. The van der Waals surface area contributed by atoms with E-state index in [2.05, 4.69) is 11.4 Å². The van der Waals surface area contributed by atoms with E-state index < -0.39 is 12.1 Å². The first kappa shape index (κ1) is 25.3. The molecule has 4 aliphatic rings. The lowest BCUT2D eigenvalue weighted by atomic mass is 9.85. The smallest absolute Gasteiger partial charge is 0.237 e. The molecule has 3 saturated heterocycles. The standard InChI is InChI=1S/C24H38N4O6/c1-24(2)33-20-18(32-23(31-4)21(20)34-24)14-27(3)22(30)15-7-9-16(10-8-15)26-13-19(29)28-11-5-6-17(28)12-25/h15-18,20-21,23,26H,5-11,13-14H2,1-4H3. The number of rotatable bonds is 7. The number of fused-ring (bicyclic) bond motifs is 1. The van der Waals surface area contributed by atoms with Crippen molar-refractivity contribution in [1.29, 1.82) is 5.26 Å². The third-order valence-electron chi connectivity index (χ3n) is 7.51. The summed E-state index contributed by atoms with van der Waals surface area (Å²) in [5, 5.41) is 12.5. The number of likely N-dealkylation sites (tertiary alicyclic amines) is 1. The van der Waals surface area contributed by atoms with Gasteiger partial charge in [0, 0.05) is 39.2 Å². The Kier molecular flexibility index (Phi) is 7.79. The Balaban J connectivity index is 1.21. The van der Waals surface area contributed by atoms with Gasteiger partial charge in [-0.15, -0.1) is 0 Å². The van der Waals surface area contributed by atoms with Crippen LogP contribution in [0.4, 0.5) is 0 Å². The molecule has 0 aromatic carbocycles. The van der Waals surface area contributed by atoms with E-state index in [0.29, 0.717) is 13.1 Å². The second-order valence-electron chi connectivity index (χ2n) is 10.4. The molecule has 4 fully saturated rings. The first-order valence-electron chi connectivity index (χ1n) is 12.4. The molecule has 5 atom stereocenters. The van der Waals surface area contributed by atoms with E-state index >= 15 is 0 Å². The van der Waals surface area contributed by atoms with Crippen LogP contribution >= 0.6 is 0 Å². The number of nitrogens with zero attached hydrogens (tertiary/aromatic N) is 3. The SMILES string of the molecule is COC1OC(CN(C)C(=O)C2CCC(NCC(=O)N3CCCC3C#N)CC2)C2OC(C)(C)OC12. The zero-order chi connectivity index (χ0) is 24.5. The van der Waals surface area contributed by atoms with Crippen LogP contribution in [0.3, 0.4) is 0 Å². The van der Waals surface area contributed by atoms with Crippen LogP contribution in [0.25, 0.3) is 0 Å². The summed E-state index contributed by atoms with van der Waals surface area (Å²) in [6.07, 6.45) is 3.52. The van der Waals surface area contributed by atoms with Crippen LogP contribution in [0.15, 0.2) is 0 Å². The van der Waals surface area contributed by atoms with Crippen molar-refractivity contribution < 1.29 is 28.5 Å². The molecule has 1 N–H and O–H groups in total. The van der Waals surface area contributed by atoms with Gasteiger partial charge in [-0.25, -0.2) is 0 Å². The molecular weight excluding hydrogens is 440 g/mol. The van der Waals surface area contributed by atoms with Gasteiger partial charge in [0.25, 0.3) is 0 Å². The number of likely N-dealkylation sites (N-methyl/N-ethyl adjacent to an activating group) is 1. The minimum atomic E-state index is -0.701. The second-order valence-corrected chi connectivity index (χ2v) is 10.4. The molecule has 190 valence electrons. The lowest BCUT2D eigenvalue weighted by molar-refractivity contribution is -0.228. The fourth-order valence-electron chi connectivity index (χ4n) is 5.73. The maximum atomic E-state index is 13.1. The van der Waals surface area contributed by atoms with E-state index in [1.54, 1.807) is 16.9 Å². The van der Waals surface area contributed by atoms with Crippen LogP contribution in [0, 0.1) is 17.2 Å². The van der Waals surface area contributed by atoms with Crippen LogP contribution in [0.5, 0.6) is 0 Å². The fourth-order valence-corrected chi connectivity index (χ4v) is 5.73. The van der Waals surface area contributed by atoms with E-state index in [0.717, 1.165) is 38.5 Å². The number of amides is 2. The molecule has 0 aromatic heterocycles. The van der Waals surface area contributed by atoms with Crippen molar-refractivity contribution in [3.63, 3.8) is 0 Å². The van der Waals surface area contributed by atoms with Gasteiger partial charge in [0.2, 0.25) is 11.8 Å². The quantitative estimate of drug-likeness (QED) is 0.577. The molecule has 1 aliphatic carbocycles. The highest BCUT2D eigenvalue weighted by molar-refractivity contribution is 5.79. The van der Waals surface area contributed by atoms with Crippen molar-refractivity contribution in [1.82, 2.24) is 15.1 Å². The molecule has 10 heteroatoms. The topological polar surface area (TPSA) is 113 Å². The van der Waals surface area contributed by atoms with E-state index in [4.69, 9.17) is 18.9 Å². The van der Waals surface area contributed by atoms with Crippen molar-refractivity contribution in [2.24, 2.45) is 5.92 Å². The van der Waals surface area contributed by atoms with Crippen LogP contribution in [-0.2, 0) is 28.5 Å². The number of methoxy groups -OCH3 is 1. The number of carbonyl (C=O) groups excluding carboxylic acids is 2. The molecule has 34 heavy (non-hydrogen) atoms. The zero-order valence-corrected chi connectivity index (χ0v) is 20.7. The molecule has 0 aromatic rings. The van der Waals surface area contributed by atoms with Gasteiger partial charge in [-0.1, -0.05) is 0 Å². The molecule has 1 saturated carbocycles. The number of ether oxygens (including phenoxy) is 4. The van der Waals surface area contributed by atoms with Crippen molar-refractivity contribution in [3.05, 3.63) is 0 Å². The molecule has 0 spiro atoms. The number of nitriles is 1.